The third kappa shape index (κ3) is 4.42. The molecule has 3 aromatic rings. The van der Waals surface area contributed by atoms with Crippen molar-refractivity contribution in [3.63, 3.8) is 0 Å². The molecule has 0 spiro atoms. The van der Waals surface area contributed by atoms with Crippen LogP contribution in [0.25, 0.3) is 22.4 Å². The number of likely N-dealkylation sites (tertiary alicyclic amines) is 1. The number of para-hydroxylation sites is 2. The van der Waals surface area contributed by atoms with Gasteiger partial charge in [0.1, 0.15) is 11.6 Å². The number of nitrogens with zero attached hydrogens (tertiary/aromatic N) is 4. The zero-order valence-electron chi connectivity index (χ0n) is 17.9. The first-order chi connectivity index (χ1) is 15.1. The minimum absolute atomic E-state index is 0.214. The number of carboxylic acid groups (broad SMARTS) is 1. The van der Waals surface area contributed by atoms with E-state index in [1.807, 2.05) is 48.0 Å². The van der Waals surface area contributed by atoms with E-state index in [0.717, 1.165) is 35.9 Å². The second-order valence-corrected chi connectivity index (χ2v) is 8.21. The number of rotatable bonds is 3. The Labute approximate surface area is 181 Å². The van der Waals surface area contributed by atoms with E-state index < -0.39 is 0 Å². The van der Waals surface area contributed by atoms with E-state index in [-0.39, 0.29) is 12.3 Å². The Morgan fingerprint density at radius 2 is 1.74 bits per heavy atom. The average Bonchev–Trinajstić information content (AvgIpc) is 3.44. The molecule has 3 heterocycles. The number of benzene rings is 2. The molecule has 2 fully saturated rings. The Kier molecular flexibility index (Phi) is 6.51. The molecule has 2 aliphatic heterocycles. The predicted molar refractivity (Wildman–Crippen MR) is 121 cm³/mol. The van der Waals surface area contributed by atoms with Gasteiger partial charge in [0, 0.05) is 31.9 Å². The zero-order valence-corrected chi connectivity index (χ0v) is 17.9. The second kappa shape index (κ2) is 9.47. The number of aromatic nitrogens is 2. The summed E-state index contributed by atoms with van der Waals surface area (Å²) in [5.41, 5.74) is 3.60. The van der Waals surface area contributed by atoms with Gasteiger partial charge in [0.15, 0.2) is 0 Å². The molecule has 6 nitrogen and oxygen atoms in total. The van der Waals surface area contributed by atoms with E-state index in [1.54, 1.807) is 6.07 Å². The lowest BCUT2D eigenvalue weighted by Crippen LogP contribution is -2.43. The van der Waals surface area contributed by atoms with Crippen LogP contribution in [0.4, 0.5) is 10.1 Å². The summed E-state index contributed by atoms with van der Waals surface area (Å²) in [6, 6.07) is 14.2. The van der Waals surface area contributed by atoms with Gasteiger partial charge >= 0.3 is 0 Å². The molecule has 5 rings (SSSR count). The third-order valence-corrected chi connectivity index (χ3v) is 6.46. The summed E-state index contributed by atoms with van der Waals surface area (Å²) in [6.07, 6.45) is 5.08. The first kappa shape index (κ1) is 21.3. The minimum atomic E-state index is -0.250. The quantitative estimate of drug-likeness (QED) is 0.640. The van der Waals surface area contributed by atoms with E-state index in [0.29, 0.717) is 11.4 Å². The van der Waals surface area contributed by atoms with E-state index in [2.05, 4.69) is 9.80 Å². The van der Waals surface area contributed by atoms with Crippen LogP contribution in [0.2, 0.25) is 0 Å². The summed E-state index contributed by atoms with van der Waals surface area (Å²) in [5, 5.41) is 6.89. The Morgan fingerprint density at radius 3 is 2.42 bits per heavy atom. The molecule has 2 aromatic carbocycles. The summed E-state index contributed by atoms with van der Waals surface area (Å²) in [4.78, 5) is 18.1. The first-order valence-corrected chi connectivity index (χ1v) is 10.9. The van der Waals surface area contributed by atoms with Crippen LogP contribution in [-0.2, 0) is 11.8 Å². The van der Waals surface area contributed by atoms with Crippen molar-refractivity contribution < 1.29 is 14.3 Å². The van der Waals surface area contributed by atoms with Crippen LogP contribution < -0.4 is 4.90 Å². The second-order valence-electron chi connectivity index (χ2n) is 8.21. The largest absolute Gasteiger partial charge is 0.483 e. The van der Waals surface area contributed by atoms with Gasteiger partial charge in [-0.1, -0.05) is 12.1 Å². The summed E-state index contributed by atoms with van der Waals surface area (Å²) in [6.45, 7) is 4.35. The lowest BCUT2D eigenvalue weighted by atomic mass is 10.0. The highest BCUT2D eigenvalue weighted by Crippen LogP contribution is 2.31. The maximum Gasteiger partial charge on any atom is 0.290 e. The molecule has 7 heteroatoms. The van der Waals surface area contributed by atoms with Gasteiger partial charge in [-0.25, -0.2) is 9.37 Å². The number of anilines is 1. The fourth-order valence-electron chi connectivity index (χ4n) is 4.86. The lowest BCUT2D eigenvalue weighted by Gasteiger charge is -2.38. The summed E-state index contributed by atoms with van der Waals surface area (Å²) >= 11 is 0. The van der Waals surface area contributed by atoms with Crippen LogP contribution in [0.5, 0.6) is 0 Å². The van der Waals surface area contributed by atoms with Gasteiger partial charge in [0.25, 0.3) is 6.47 Å². The maximum absolute atomic E-state index is 14.7. The highest BCUT2D eigenvalue weighted by atomic mass is 19.1. The van der Waals surface area contributed by atoms with Gasteiger partial charge < -0.3 is 19.5 Å². The fourth-order valence-corrected chi connectivity index (χ4v) is 4.86. The highest BCUT2D eigenvalue weighted by Gasteiger charge is 2.27. The number of aryl methyl sites for hydroxylation is 1. The molecule has 2 aliphatic rings. The van der Waals surface area contributed by atoms with Crippen molar-refractivity contribution in [1.82, 2.24) is 14.5 Å². The molecule has 0 aliphatic carbocycles. The van der Waals surface area contributed by atoms with Crippen molar-refractivity contribution in [3.8, 4) is 11.4 Å². The molecule has 1 aromatic heterocycles. The number of piperidine rings is 1. The average molecular weight is 425 g/mol. The van der Waals surface area contributed by atoms with E-state index in [9.17, 15) is 4.39 Å². The number of hydrogen-bond donors (Lipinski definition) is 1. The fraction of sp³-hybridized carbons (Fsp3) is 0.417. The highest BCUT2D eigenvalue weighted by molar-refractivity contribution is 5.81. The molecule has 0 radical (unpaired) electrons. The minimum Gasteiger partial charge on any atom is -0.483 e. The van der Waals surface area contributed by atoms with Gasteiger partial charge in [-0.2, -0.15) is 0 Å². The Morgan fingerprint density at radius 1 is 1.06 bits per heavy atom. The Bertz CT molecular complexity index is 1040. The van der Waals surface area contributed by atoms with Crippen molar-refractivity contribution in [2.75, 3.05) is 31.1 Å². The first-order valence-electron chi connectivity index (χ1n) is 10.9. The normalized spacial score (nSPS) is 17.5. The number of fused-ring (bicyclic) bond motifs is 1. The van der Waals surface area contributed by atoms with Gasteiger partial charge in [-0.3, -0.25) is 4.79 Å². The van der Waals surface area contributed by atoms with Crippen molar-refractivity contribution in [3.05, 3.63) is 48.3 Å². The van der Waals surface area contributed by atoms with Crippen LogP contribution >= 0.6 is 0 Å². The van der Waals surface area contributed by atoms with Crippen molar-refractivity contribution >= 4 is 23.2 Å². The maximum atomic E-state index is 14.7. The third-order valence-electron chi connectivity index (χ3n) is 6.46. The van der Waals surface area contributed by atoms with E-state index in [4.69, 9.17) is 14.9 Å². The molecule has 2 saturated heterocycles. The van der Waals surface area contributed by atoms with Crippen LogP contribution in [-0.4, -0.2) is 58.3 Å². The van der Waals surface area contributed by atoms with Crippen LogP contribution in [0.1, 0.15) is 25.7 Å². The topological polar surface area (TPSA) is 61.6 Å². The standard InChI is InChI=1S/C23H27FN4.CH2O2/c1-26-22-7-3-2-6-21(22)25-23(26)19-16-18(8-9-20(19)24)28-14-10-17(11-15-28)27-12-4-5-13-27;2-1-3/h2-3,6-9,16-17H,4-5,10-15H2,1H3;1H,(H,2,3). The van der Waals surface area contributed by atoms with Gasteiger partial charge in [0.2, 0.25) is 0 Å². The number of imidazole rings is 1. The predicted octanol–water partition coefficient (Wildman–Crippen LogP) is 4.14. The number of halogens is 1. The molecule has 1 N–H and O–H groups in total. The summed E-state index contributed by atoms with van der Waals surface area (Å²) in [5.74, 6) is 0.474. The molecule has 0 bridgehead atoms. The molecule has 0 unspecified atom stereocenters. The molecule has 0 saturated carbocycles. The molecule has 0 amide bonds. The molecule has 164 valence electrons. The van der Waals surface area contributed by atoms with Gasteiger partial charge in [0.05, 0.1) is 16.6 Å². The van der Waals surface area contributed by atoms with E-state index >= 15 is 0 Å². The van der Waals surface area contributed by atoms with E-state index in [1.165, 1.54) is 38.8 Å². The van der Waals surface area contributed by atoms with Gasteiger partial charge in [-0.15, -0.1) is 0 Å². The number of hydrogen-bond acceptors (Lipinski definition) is 4. The van der Waals surface area contributed by atoms with Gasteiger partial charge in [-0.05, 0) is 69.1 Å². The number of carbonyl (C=O) groups is 1. The monoisotopic (exact) mass is 424 g/mol. The summed E-state index contributed by atoms with van der Waals surface area (Å²) < 4.78 is 16.7. The summed E-state index contributed by atoms with van der Waals surface area (Å²) in [7, 11) is 1.96. The zero-order chi connectivity index (χ0) is 21.8. The Balaban J connectivity index is 0.000000730. The van der Waals surface area contributed by atoms with Crippen molar-refractivity contribution in [2.45, 2.75) is 31.7 Å². The molecular formula is C24H29FN4O2. The smallest absolute Gasteiger partial charge is 0.290 e. The van der Waals surface area contributed by atoms with Crippen LogP contribution in [0, 0.1) is 5.82 Å². The van der Waals surface area contributed by atoms with Crippen molar-refractivity contribution in [1.29, 1.82) is 0 Å². The molecular weight excluding hydrogens is 395 g/mol. The van der Waals surface area contributed by atoms with Crippen molar-refractivity contribution in [2.24, 2.45) is 7.05 Å². The lowest BCUT2D eigenvalue weighted by molar-refractivity contribution is -0.122. The molecule has 31 heavy (non-hydrogen) atoms. The van der Waals surface area contributed by atoms with Crippen LogP contribution in [0.15, 0.2) is 42.5 Å². The Hall–Kier alpha value is -2.93. The SMILES string of the molecule is Cn1c(-c2cc(N3CCC(N4CCCC4)CC3)ccc2F)nc2ccccc21.O=CO. The van der Waals surface area contributed by atoms with Crippen LogP contribution in [0.3, 0.4) is 0 Å². The molecule has 0 atom stereocenters.